The molecule has 0 radical (unpaired) electrons. The van der Waals surface area contributed by atoms with Gasteiger partial charge in [0, 0.05) is 0 Å². The van der Waals surface area contributed by atoms with Crippen molar-refractivity contribution < 1.29 is 17.6 Å². The van der Waals surface area contributed by atoms with Crippen molar-refractivity contribution in [3.05, 3.63) is 34.6 Å². The monoisotopic (exact) mass is 263 g/mol. The van der Waals surface area contributed by atoms with Crippen LogP contribution >= 0.6 is 0 Å². The molecule has 0 amide bonds. The number of nitrogens with one attached hydrogen (secondary N) is 1. The summed E-state index contributed by atoms with van der Waals surface area (Å²) in [5.41, 5.74) is 0.530. The molecule has 0 aromatic heterocycles. The minimum absolute atomic E-state index is 0.0624. The highest BCUT2D eigenvalue weighted by Crippen LogP contribution is 2.34. The van der Waals surface area contributed by atoms with Crippen molar-refractivity contribution in [2.24, 2.45) is 0 Å². The van der Waals surface area contributed by atoms with E-state index in [-0.39, 0.29) is 23.2 Å². The molecule has 1 atom stereocenters. The van der Waals surface area contributed by atoms with Gasteiger partial charge in [-0.05, 0) is 43.5 Å². The second kappa shape index (κ2) is 5.69. The van der Waals surface area contributed by atoms with Crippen LogP contribution in [0, 0.1) is 19.7 Å². The van der Waals surface area contributed by atoms with Crippen LogP contribution in [-0.2, 0) is 0 Å². The first kappa shape index (κ1) is 15.0. The molecule has 0 saturated heterocycles. The summed E-state index contributed by atoms with van der Waals surface area (Å²) in [4.78, 5) is 0. The summed E-state index contributed by atoms with van der Waals surface area (Å²) in [5, 5.41) is 2.45. The van der Waals surface area contributed by atoms with Gasteiger partial charge in [-0.15, -0.1) is 0 Å². The van der Waals surface area contributed by atoms with Crippen molar-refractivity contribution in [3.8, 4) is 0 Å². The zero-order chi connectivity index (χ0) is 13.9. The molecule has 0 bridgehead atoms. The van der Waals surface area contributed by atoms with Crippen LogP contribution in [0.4, 0.5) is 17.6 Å². The Kier molecular flexibility index (Phi) is 4.73. The first-order valence-corrected chi connectivity index (χ1v) is 5.84. The topological polar surface area (TPSA) is 12.0 Å². The summed E-state index contributed by atoms with van der Waals surface area (Å²) in [7, 11) is 0. The van der Waals surface area contributed by atoms with E-state index in [9.17, 15) is 17.6 Å². The van der Waals surface area contributed by atoms with Crippen molar-refractivity contribution in [1.29, 1.82) is 0 Å². The van der Waals surface area contributed by atoms with E-state index in [0.717, 1.165) is 0 Å². The number of alkyl halides is 3. The van der Waals surface area contributed by atoms with E-state index in [4.69, 9.17) is 0 Å². The average molecular weight is 263 g/mol. The Morgan fingerprint density at radius 2 is 1.67 bits per heavy atom. The molecular weight excluding hydrogens is 246 g/mol. The molecule has 0 aliphatic carbocycles. The van der Waals surface area contributed by atoms with Gasteiger partial charge in [0.2, 0.25) is 0 Å². The molecule has 5 heteroatoms. The lowest BCUT2D eigenvalue weighted by Gasteiger charge is -2.23. The van der Waals surface area contributed by atoms with Crippen molar-refractivity contribution in [2.75, 3.05) is 6.54 Å². The van der Waals surface area contributed by atoms with Crippen LogP contribution in [0.25, 0.3) is 0 Å². The Labute approximate surface area is 104 Å². The summed E-state index contributed by atoms with van der Waals surface area (Å²) >= 11 is 0. The van der Waals surface area contributed by atoms with Crippen molar-refractivity contribution in [3.63, 3.8) is 0 Å². The van der Waals surface area contributed by atoms with E-state index in [1.165, 1.54) is 26.0 Å². The zero-order valence-electron chi connectivity index (χ0n) is 10.7. The standard InChI is InChI=1S/C13H17F4N/c1-4-5-18-12(13(15,16)17)10-6-8(2)11(14)9(3)7-10/h6-7,12,18H,4-5H2,1-3H3. The quantitative estimate of drug-likeness (QED) is 0.808. The van der Waals surface area contributed by atoms with Crippen molar-refractivity contribution >= 4 is 0 Å². The van der Waals surface area contributed by atoms with E-state index in [1.54, 1.807) is 6.92 Å². The molecular formula is C13H17F4N. The second-order valence-electron chi connectivity index (χ2n) is 4.40. The maximum absolute atomic E-state index is 13.4. The summed E-state index contributed by atoms with van der Waals surface area (Å²) in [6, 6.07) is 0.766. The van der Waals surface area contributed by atoms with Crippen molar-refractivity contribution in [1.82, 2.24) is 5.32 Å². The molecule has 1 rings (SSSR count). The molecule has 0 saturated carbocycles. The van der Waals surface area contributed by atoms with Gasteiger partial charge >= 0.3 is 6.18 Å². The predicted octanol–water partition coefficient (Wildman–Crippen LogP) is 4.05. The van der Waals surface area contributed by atoms with E-state index in [2.05, 4.69) is 5.32 Å². The van der Waals surface area contributed by atoms with E-state index < -0.39 is 18.0 Å². The Bertz CT molecular complexity index is 389. The Morgan fingerprint density at radius 1 is 1.17 bits per heavy atom. The third-order valence-corrected chi connectivity index (χ3v) is 2.72. The van der Waals surface area contributed by atoms with Crippen molar-refractivity contribution in [2.45, 2.75) is 39.4 Å². The van der Waals surface area contributed by atoms with Gasteiger partial charge in [-0.2, -0.15) is 13.2 Å². The summed E-state index contributed by atoms with van der Waals surface area (Å²) in [6.45, 7) is 5.00. The van der Waals surface area contributed by atoms with Gasteiger partial charge in [0.25, 0.3) is 0 Å². The third kappa shape index (κ3) is 3.45. The molecule has 0 heterocycles. The maximum Gasteiger partial charge on any atom is 0.407 e. The van der Waals surface area contributed by atoms with E-state index in [1.807, 2.05) is 0 Å². The number of hydrogen-bond donors (Lipinski definition) is 1. The van der Waals surface area contributed by atoms with Crippen LogP contribution in [0.1, 0.15) is 36.1 Å². The molecule has 0 spiro atoms. The maximum atomic E-state index is 13.4. The summed E-state index contributed by atoms with van der Waals surface area (Å²) in [5.74, 6) is -0.449. The second-order valence-corrected chi connectivity index (χ2v) is 4.40. The van der Waals surface area contributed by atoms with Crippen LogP contribution < -0.4 is 5.32 Å². The largest absolute Gasteiger partial charge is 0.407 e. The lowest BCUT2D eigenvalue weighted by molar-refractivity contribution is -0.157. The predicted molar refractivity (Wildman–Crippen MR) is 63.0 cm³/mol. The van der Waals surface area contributed by atoms with Crippen LogP contribution in [0.5, 0.6) is 0 Å². The molecule has 18 heavy (non-hydrogen) atoms. The number of hydrogen-bond acceptors (Lipinski definition) is 1. The van der Waals surface area contributed by atoms with Crippen LogP contribution in [0.2, 0.25) is 0 Å². The summed E-state index contributed by atoms with van der Waals surface area (Å²) in [6.07, 6.45) is -3.78. The van der Waals surface area contributed by atoms with Gasteiger partial charge in [0.05, 0.1) is 0 Å². The van der Waals surface area contributed by atoms with Crippen LogP contribution in [-0.4, -0.2) is 12.7 Å². The smallest absolute Gasteiger partial charge is 0.302 e. The Balaban J connectivity index is 3.13. The Morgan fingerprint density at radius 3 is 2.06 bits per heavy atom. The molecule has 0 aliphatic rings. The fourth-order valence-corrected chi connectivity index (χ4v) is 1.86. The molecule has 102 valence electrons. The SMILES string of the molecule is CCCNC(c1cc(C)c(F)c(C)c1)C(F)(F)F. The van der Waals surface area contributed by atoms with Gasteiger partial charge in [-0.25, -0.2) is 4.39 Å². The van der Waals surface area contributed by atoms with Gasteiger partial charge < -0.3 is 5.32 Å². The normalized spacial score (nSPS) is 13.7. The first-order chi connectivity index (χ1) is 8.27. The highest BCUT2D eigenvalue weighted by molar-refractivity contribution is 5.33. The fraction of sp³-hybridized carbons (Fsp3) is 0.538. The van der Waals surface area contributed by atoms with E-state index in [0.29, 0.717) is 6.42 Å². The molecule has 0 aliphatic heterocycles. The highest BCUT2D eigenvalue weighted by atomic mass is 19.4. The number of aryl methyl sites for hydroxylation is 2. The number of halogens is 4. The van der Waals surface area contributed by atoms with Gasteiger partial charge in [-0.1, -0.05) is 19.1 Å². The lowest BCUT2D eigenvalue weighted by Crippen LogP contribution is -2.34. The first-order valence-electron chi connectivity index (χ1n) is 5.84. The highest BCUT2D eigenvalue weighted by Gasteiger charge is 2.40. The minimum atomic E-state index is -4.38. The Hall–Kier alpha value is -1.10. The molecule has 1 aromatic rings. The average Bonchev–Trinajstić information content (AvgIpc) is 2.24. The summed E-state index contributed by atoms with van der Waals surface area (Å²) < 4.78 is 52.2. The molecule has 1 aromatic carbocycles. The molecule has 0 fully saturated rings. The van der Waals surface area contributed by atoms with E-state index >= 15 is 0 Å². The fourth-order valence-electron chi connectivity index (χ4n) is 1.86. The van der Waals surface area contributed by atoms with Crippen LogP contribution in [0.3, 0.4) is 0 Å². The number of rotatable bonds is 4. The van der Waals surface area contributed by atoms with Gasteiger partial charge in [-0.3, -0.25) is 0 Å². The third-order valence-electron chi connectivity index (χ3n) is 2.72. The molecule has 1 unspecified atom stereocenters. The molecule has 1 nitrogen and oxygen atoms in total. The zero-order valence-corrected chi connectivity index (χ0v) is 10.7. The minimum Gasteiger partial charge on any atom is -0.302 e. The van der Waals surface area contributed by atoms with Gasteiger partial charge in [0.15, 0.2) is 0 Å². The number of benzene rings is 1. The van der Waals surface area contributed by atoms with Crippen LogP contribution in [0.15, 0.2) is 12.1 Å². The lowest BCUT2D eigenvalue weighted by atomic mass is 10.00. The molecule has 1 N–H and O–H groups in total. The van der Waals surface area contributed by atoms with Gasteiger partial charge in [0.1, 0.15) is 11.9 Å².